The van der Waals surface area contributed by atoms with E-state index in [1.165, 1.54) is 0 Å². The fourth-order valence-corrected chi connectivity index (χ4v) is 1.40. The molecule has 0 aliphatic rings. The third kappa shape index (κ3) is 1.89. The molecule has 0 saturated carbocycles. The van der Waals surface area contributed by atoms with Gasteiger partial charge in [-0.15, -0.1) is 0 Å². The second-order valence-corrected chi connectivity index (χ2v) is 4.10. The quantitative estimate of drug-likeness (QED) is 0.616. The predicted octanol–water partition coefficient (Wildman–Crippen LogP) is 1.05. The van der Waals surface area contributed by atoms with E-state index in [2.05, 4.69) is 0 Å². The standard InChI is InChI=1S/C11H18N2O/c1-7-4-9(11(3,13)6-14)5-8(2)10(7)12/h4-5,14H,6,12-13H2,1-3H3/t11-/m0/s1. The van der Waals surface area contributed by atoms with Crippen molar-refractivity contribution in [3.05, 3.63) is 28.8 Å². The van der Waals surface area contributed by atoms with E-state index in [9.17, 15) is 0 Å². The Labute approximate surface area is 84.7 Å². The molecule has 1 aromatic carbocycles. The van der Waals surface area contributed by atoms with Crippen LogP contribution in [0.2, 0.25) is 0 Å². The molecule has 1 rings (SSSR count). The molecule has 0 saturated heterocycles. The minimum absolute atomic E-state index is 0.0736. The van der Waals surface area contributed by atoms with E-state index in [-0.39, 0.29) is 6.61 Å². The average Bonchev–Trinajstić information content (AvgIpc) is 2.13. The largest absolute Gasteiger partial charge is 0.398 e. The molecule has 1 atom stereocenters. The predicted molar refractivity (Wildman–Crippen MR) is 59.0 cm³/mol. The highest BCUT2D eigenvalue weighted by molar-refractivity contribution is 5.55. The number of aliphatic hydroxyl groups is 1. The smallest absolute Gasteiger partial charge is 0.0650 e. The number of anilines is 1. The van der Waals surface area contributed by atoms with Crippen molar-refractivity contribution in [2.75, 3.05) is 12.3 Å². The van der Waals surface area contributed by atoms with Gasteiger partial charge in [-0.1, -0.05) is 12.1 Å². The fraction of sp³-hybridized carbons (Fsp3) is 0.455. The summed E-state index contributed by atoms with van der Waals surface area (Å²) in [6.45, 7) is 5.62. The summed E-state index contributed by atoms with van der Waals surface area (Å²) in [5.74, 6) is 0. The Morgan fingerprint density at radius 2 is 1.71 bits per heavy atom. The number of hydrogen-bond donors (Lipinski definition) is 3. The maximum absolute atomic E-state index is 9.14. The zero-order chi connectivity index (χ0) is 10.9. The topological polar surface area (TPSA) is 72.3 Å². The van der Waals surface area contributed by atoms with Crippen molar-refractivity contribution < 1.29 is 5.11 Å². The molecule has 0 aliphatic carbocycles. The summed E-state index contributed by atoms with van der Waals surface area (Å²) in [6, 6.07) is 3.86. The van der Waals surface area contributed by atoms with Crippen molar-refractivity contribution in [2.45, 2.75) is 26.3 Å². The van der Waals surface area contributed by atoms with Crippen LogP contribution in [0.1, 0.15) is 23.6 Å². The zero-order valence-electron chi connectivity index (χ0n) is 8.96. The van der Waals surface area contributed by atoms with Crippen LogP contribution in [-0.2, 0) is 5.54 Å². The second-order valence-electron chi connectivity index (χ2n) is 4.10. The maximum atomic E-state index is 9.14. The molecule has 0 fully saturated rings. The Bertz CT molecular complexity index is 322. The van der Waals surface area contributed by atoms with E-state index in [0.29, 0.717) is 0 Å². The van der Waals surface area contributed by atoms with Crippen molar-refractivity contribution in [3.8, 4) is 0 Å². The van der Waals surface area contributed by atoms with Gasteiger partial charge in [-0.2, -0.15) is 0 Å². The van der Waals surface area contributed by atoms with Gasteiger partial charge in [0.2, 0.25) is 0 Å². The van der Waals surface area contributed by atoms with Gasteiger partial charge in [0.15, 0.2) is 0 Å². The zero-order valence-corrected chi connectivity index (χ0v) is 8.96. The van der Waals surface area contributed by atoms with E-state index < -0.39 is 5.54 Å². The van der Waals surface area contributed by atoms with E-state index in [1.54, 1.807) is 6.92 Å². The van der Waals surface area contributed by atoms with E-state index in [4.69, 9.17) is 16.6 Å². The van der Waals surface area contributed by atoms with Crippen molar-refractivity contribution in [1.82, 2.24) is 0 Å². The molecular weight excluding hydrogens is 176 g/mol. The molecule has 0 aromatic heterocycles. The Morgan fingerprint density at radius 3 is 2.07 bits per heavy atom. The number of aliphatic hydroxyl groups excluding tert-OH is 1. The van der Waals surface area contributed by atoms with Crippen LogP contribution in [0.5, 0.6) is 0 Å². The van der Waals surface area contributed by atoms with Gasteiger partial charge in [0, 0.05) is 5.69 Å². The molecule has 3 nitrogen and oxygen atoms in total. The van der Waals surface area contributed by atoms with E-state index in [0.717, 1.165) is 22.4 Å². The van der Waals surface area contributed by atoms with Crippen LogP contribution < -0.4 is 11.5 Å². The number of nitrogen functional groups attached to an aromatic ring is 1. The third-order valence-corrected chi connectivity index (χ3v) is 2.58. The highest BCUT2D eigenvalue weighted by Gasteiger charge is 2.20. The minimum Gasteiger partial charge on any atom is -0.398 e. The van der Waals surface area contributed by atoms with Crippen molar-refractivity contribution >= 4 is 5.69 Å². The molecule has 0 radical (unpaired) electrons. The molecule has 1 aromatic rings. The van der Waals surface area contributed by atoms with E-state index >= 15 is 0 Å². The molecule has 0 heterocycles. The molecule has 14 heavy (non-hydrogen) atoms. The van der Waals surface area contributed by atoms with Gasteiger partial charge in [-0.25, -0.2) is 0 Å². The summed E-state index contributed by atoms with van der Waals surface area (Å²) in [5.41, 5.74) is 14.8. The molecular formula is C11H18N2O. The van der Waals surface area contributed by atoms with Crippen LogP contribution in [0.15, 0.2) is 12.1 Å². The third-order valence-electron chi connectivity index (χ3n) is 2.58. The lowest BCUT2D eigenvalue weighted by molar-refractivity contribution is 0.210. The first kappa shape index (κ1) is 11.0. The van der Waals surface area contributed by atoms with Crippen LogP contribution in [0.25, 0.3) is 0 Å². The Balaban J connectivity index is 3.26. The monoisotopic (exact) mass is 194 g/mol. The SMILES string of the molecule is Cc1cc([C@@](C)(N)CO)cc(C)c1N. The molecule has 0 unspecified atom stereocenters. The molecule has 5 N–H and O–H groups in total. The lowest BCUT2D eigenvalue weighted by Crippen LogP contribution is -2.37. The first-order valence-corrected chi connectivity index (χ1v) is 4.65. The van der Waals surface area contributed by atoms with Crippen LogP contribution in [0, 0.1) is 13.8 Å². The lowest BCUT2D eigenvalue weighted by Gasteiger charge is -2.24. The number of nitrogens with two attached hydrogens (primary N) is 2. The van der Waals surface area contributed by atoms with Gasteiger partial charge < -0.3 is 16.6 Å². The van der Waals surface area contributed by atoms with Crippen LogP contribution in [-0.4, -0.2) is 11.7 Å². The maximum Gasteiger partial charge on any atom is 0.0650 e. The van der Waals surface area contributed by atoms with Gasteiger partial charge in [-0.05, 0) is 37.5 Å². The fourth-order valence-electron chi connectivity index (χ4n) is 1.40. The molecule has 78 valence electrons. The Morgan fingerprint density at radius 1 is 1.29 bits per heavy atom. The molecule has 0 bridgehead atoms. The molecule has 0 amide bonds. The normalized spacial score (nSPS) is 15.2. The average molecular weight is 194 g/mol. The molecule has 0 aliphatic heterocycles. The number of rotatable bonds is 2. The summed E-state index contributed by atoms with van der Waals surface area (Å²) in [6.07, 6.45) is 0. The van der Waals surface area contributed by atoms with Crippen LogP contribution in [0.3, 0.4) is 0 Å². The van der Waals surface area contributed by atoms with Gasteiger partial charge in [0.1, 0.15) is 0 Å². The number of hydrogen-bond acceptors (Lipinski definition) is 3. The number of benzene rings is 1. The second kappa shape index (κ2) is 3.59. The molecule has 3 heteroatoms. The van der Waals surface area contributed by atoms with Gasteiger partial charge >= 0.3 is 0 Å². The summed E-state index contributed by atoms with van der Waals surface area (Å²) >= 11 is 0. The van der Waals surface area contributed by atoms with Crippen LogP contribution >= 0.6 is 0 Å². The van der Waals surface area contributed by atoms with Gasteiger partial charge in [0.25, 0.3) is 0 Å². The highest BCUT2D eigenvalue weighted by atomic mass is 16.3. The Hall–Kier alpha value is -1.06. The van der Waals surface area contributed by atoms with Crippen molar-refractivity contribution in [2.24, 2.45) is 5.73 Å². The first-order valence-electron chi connectivity index (χ1n) is 4.65. The Kier molecular flexibility index (Phi) is 2.83. The number of aryl methyl sites for hydroxylation is 2. The lowest BCUT2D eigenvalue weighted by atomic mass is 9.90. The summed E-state index contributed by atoms with van der Waals surface area (Å²) in [4.78, 5) is 0. The summed E-state index contributed by atoms with van der Waals surface area (Å²) < 4.78 is 0. The minimum atomic E-state index is -0.691. The van der Waals surface area contributed by atoms with Gasteiger partial charge in [0.05, 0.1) is 12.1 Å². The highest BCUT2D eigenvalue weighted by Crippen LogP contribution is 2.24. The van der Waals surface area contributed by atoms with Gasteiger partial charge in [-0.3, -0.25) is 0 Å². The van der Waals surface area contributed by atoms with E-state index in [1.807, 2.05) is 26.0 Å². The first-order chi connectivity index (χ1) is 6.38. The van der Waals surface area contributed by atoms with Crippen molar-refractivity contribution in [3.63, 3.8) is 0 Å². The van der Waals surface area contributed by atoms with Crippen molar-refractivity contribution in [1.29, 1.82) is 0 Å². The van der Waals surface area contributed by atoms with Crippen LogP contribution in [0.4, 0.5) is 5.69 Å². The summed E-state index contributed by atoms with van der Waals surface area (Å²) in [5, 5.41) is 9.14. The summed E-state index contributed by atoms with van der Waals surface area (Å²) in [7, 11) is 0. The molecule has 0 spiro atoms.